The molecule has 2 N–H and O–H groups in total. The van der Waals surface area contributed by atoms with E-state index in [9.17, 15) is 18.0 Å². The highest BCUT2D eigenvalue weighted by Gasteiger charge is 2.24. The molecule has 0 aliphatic heterocycles. The molecule has 0 aromatic heterocycles. The third-order valence-electron chi connectivity index (χ3n) is 5.67. The Hall–Kier alpha value is -2.91. The molecule has 0 unspecified atom stereocenters. The first-order valence-corrected chi connectivity index (χ1v) is 13.2. The fourth-order valence-corrected chi connectivity index (χ4v) is 5.21. The van der Waals surface area contributed by atoms with Gasteiger partial charge in [-0.2, -0.15) is 4.31 Å². The van der Waals surface area contributed by atoms with Crippen molar-refractivity contribution in [1.82, 2.24) is 9.62 Å². The van der Waals surface area contributed by atoms with Crippen LogP contribution in [0.3, 0.4) is 0 Å². The van der Waals surface area contributed by atoms with Crippen molar-refractivity contribution < 1.29 is 18.0 Å². The molecule has 0 heterocycles. The quantitative estimate of drug-likeness (QED) is 0.477. The predicted molar refractivity (Wildman–Crippen MR) is 137 cm³/mol. The van der Waals surface area contributed by atoms with Crippen molar-refractivity contribution in [3.8, 4) is 0 Å². The molecule has 0 aliphatic carbocycles. The second-order valence-corrected chi connectivity index (χ2v) is 9.76. The zero-order valence-electron chi connectivity index (χ0n) is 20.7. The number of nitrogens with one attached hydrogen (secondary N) is 2. The van der Waals surface area contributed by atoms with Crippen LogP contribution in [0.5, 0.6) is 0 Å². The van der Waals surface area contributed by atoms with Crippen molar-refractivity contribution in [2.45, 2.75) is 45.9 Å². The van der Waals surface area contributed by atoms with Crippen LogP contribution in [0.1, 0.15) is 50.5 Å². The fraction of sp³-hybridized carbons (Fsp3) is 0.440. The number of hydrogen-bond donors (Lipinski definition) is 2. The maximum atomic E-state index is 13.1. The van der Waals surface area contributed by atoms with Crippen LogP contribution in [0.25, 0.3) is 0 Å². The molecule has 34 heavy (non-hydrogen) atoms. The van der Waals surface area contributed by atoms with Gasteiger partial charge in [-0.05, 0) is 56.2 Å². The van der Waals surface area contributed by atoms with Gasteiger partial charge < -0.3 is 15.5 Å². The summed E-state index contributed by atoms with van der Waals surface area (Å²) in [7, 11) is -3.67. The lowest BCUT2D eigenvalue weighted by atomic mass is 10.1. The molecule has 2 aromatic carbocycles. The van der Waals surface area contributed by atoms with Crippen molar-refractivity contribution in [1.29, 1.82) is 0 Å². The van der Waals surface area contributed by atoms with Gasteiger partial charge in [0.15, 0.2) is 0 Å². The van der Waals surface area contributed by atoms with Gasteiger partial charge in [-0.25, -0.2) is 8.42 Å². The highest BCUT2D eigenvalue weighted by atomic mass is 32.2. The molecule has 9 heteroatoms. The average Bonchev–Trinajstić information content (AvgIpc) is 2.81. The first-order chi connectivity index (χ1) is 16.2. The van der Waals surface area contributed by atoms with Gasteiger partial charge in [0.25, 0.3) is 5.91 Å². The number of anilines is 2. The third-order valence-corrected chi connectivity index (χ3v) is 7.71. The monoisotopic (exact) mass is 488 g/mol. The smallest absolute Gasteiger partial charge is 0.255 e. The van der Waals surface area contributed by atoms with Gasteiger partial charge in [-0.15, -0.1) is 0 Å². The molecule has 0 spiro atoms. The Morgan fingerprint density at radius 3 is 2.03 bits per heavy atom. The molecule has 2 amide bonds. The molecule has 186 valence electrons. The van der Waals surface area contributed by atoms with Gasteiger partial charge in [-0.3, -0.25) is 9.59 Å². The molecule has 8 nitrogen and oxygen atoms in total. The first-order valence-electron chi connectivity index (χ1n) is 11.7. The van der Waals surface area contributed by atoms with Crippen LogP contribution in [-0.4, -0.2) is 57.3 Å². The van der Waals surface area contributed by atoms with E-state index in [1.165, 1.54) is 11.2 Å². The highest BCUT2D eigenvalue weighted by molar-refractivity contribution is 7.89. The number of carbonyl (C=O) groups excluding carboxylic acids is 2. The molecule has 0 fully saturated rings. The third kappa shape index (κ3) is 6.80. The normalized spacial score (nSPS) is 11.4. The minimum absolute atomic E-state index is 0.0785. The summed E-state index contributed by atoms with van der Waals surface area (Å²) in [5.74, 6) is -0.399. The number of rotatable bonds is 12. The van der Waals surface area contributed by atoms with Crippen molar-refractivity contribution in [3.63, 3.8) is 0 Å². The van der Waals surface area contributed by atoms with Crippen LogP contribution in [0.15, 0.2) is 47.4 Å². The molecule has 0 bridgehead atoms. The van der Waals surface area contributed by atoms with E-state index in [1.807, 2.05) is 26.0 Å². The SMILES string of the molecule is CCN(CC)c1ccc(S(=O)(=O)N(CC)CC)cc1NC(=O)c1ccc(CCNC(C)=O)cc1. The van der Waals surface area contributed by atoms with Crippen molar-refractivity contribution in [2.24, 2.45) is 0 Å². The summed E-state index contributed by atoms with van der Waals surface area (Å²) in [4.78, 5) is 26.3. The minimum Gasteiger partial charge on any atom is -0.370 e. The maximum Gasteiger partial charge on any atom is 0.255 e. The number of amides is 2. The standard InChI is InChI=1S/C25H36N4O4S/c1-6-28(7-2)24-15-14-22(34(32,33)29(8-3)9-4)18-23(24)27-25(31)21-12-10-20(11-13-21)16-17-26-19(5)30/h10-15,18H,6-9,16-17H2,1-5H3,(H,26,30)(H,27,31). The van der Waals surface area contributed by atoms with E-state index in [1.54, 1.807) is 44.2 Å². The van der Waals surface area contributed by atoms with E-state index in [2.05, 4.69) is 15.5 Å². The Labute approximate surface area is 203 Å². The zero-order valence-corrected chi connectivity index (χ0v) is 21.5. The highest BCUT2D eigenvalue weighted by Crippen LogP contribution is 2.30. The van der Waals surface area contributed by atoms with Crippen molar-refractivity contribution in [3.05, 3.63) is 53.6 Å². The van der Waals surface area contributed by atoms with Crippen LogP contribution in [-0.2, 0) is 21.2 Å². The zero-order chi connectivity index (χ0) is 25.3. The summed E-state index contributed by atoms with van der Waals surface area (Å²) in [6.45, 7) is 11.8. The molecule has 2 rings (SSSR count). The largest absolute Gasteiger partial charge is 0.370 e. The molecular formula is C25H36N4O4S. The van der Waals surface area contributed by atoms with Gasteiger partial charge in [0.1, 0.15) is 0 Å². The second-order valence-electron chi connectivity index (χ2n) is 7.82. The lowest BCUT2D eigenvalue weighted by Gasteiger charge is -2.26. The molecule has 0 saturated heterocycles. The summed E-state index contributed by atoms with van der Waals surface area (Å²) in [6.07, 6.45) is 0.666. The second kappa shape index (κ2) is 12.5. The average molecular weight is 489 g/mol. The number of sulfonamides is 1. The van der Waals surface area contributed by atoms with Crippen LogP contribution in [0.4, 0.5) is 11.4 Å². The van der Waals surface area contributed by atoms with Crippen molar-refractivity contribution in [2.75, 3.05) is 42.9 Å². The Morgan fingerprint density at radius 1 is 0.882 bits per heavy atom. The van der Waals surface area contributed by atoms with Crippen molar-refractivity contribution >= 4 is 33.2 Å². The summed E-state index contributed by atoms with van der Waals surface area (Å²) in [5.41, 5.74) is 2.69. The van der Waals surface area contributed by atoms with Crippen LogP contribution >= 0.6 is 0 Å². The number of nitrogens with zero attached hydrogens (tertiary/aromatic N) is 2. The van der Waals surface area contributed by atoms with E-state index in [0.29, 0.717) is 50.4 Å². The molecule has 0 saturated carbocycles. The van der Waals surface area contributed by atoms with E-state index in [0.717, 1.165) is 11.3 Å². The summed E-state index contributed by atoms with van der Waals surface area (Å²) in [6, 6.07) is 12.1. The Bertz CT molecular complexity index is 1080. The maximum absolute atomic E-state index is 13.1. The van der Waals surface area contributed by atoms with Gasteiger partial charge in [0.2, 0.25) is 15.9 Å². The number of hydrogen-bond acceptors (Lipinski definition) is 5. The van der Waals surface area contributed by atoms with E-state index in [-0.39, 0.29) is 16.7 Å². The summed E-state index contributed by atoms with van der Waals surface area (Å²) < 4.78 is 27.5. The van der Waals surface area contributed by atoms with E-state index >= 15 is 0 Å². The lowest BCUT2D eigenvalue weighted by molar-refractivity contribution is -0.118. The summed E-state index contributed by atoms with van der Waals surface area (Å²) in [5, 5.41) is 5.67. The van der Waals surface area contributed by atoms with Gasteiger partial charge in [0.05, 0.1) is 16.3 Å². The molecule has 0 atom stereocenters. The minimum atomic E-state index is -3.67. The Balaban J connectivity index is 2.34. The van der Waals surface area contributed by atoms with E-state index in [4.69, 9.17) is 0 Å². The van der Waals surface area contributed by atoms with E-state index < -0.39 is 10.0 Å². The number of carbonyl (C=O) groups is 2. The molecule has 2 aromatic rings. The Morgan fingerprint density at radius 2 is 1.50 bits per heavy atom. The van der Waals surface area contributed by atoms with Gasteiger partial charge >= 0.3 is 0 Å². The van der Waals surface area contributed by atoms with Crippen LogP contribution in [0.2, 0.25) is 0 Å². The number of benzene rings is 2. The van der Waals surface area contributed by atoms with Gasteiger partial charge in [-0.1, -0.05) is 26.0 Å². The van der Waals surface area contributed by atoms with Crippen LogP contribution < -0.4 is 15.5 Å². The van der Waals surface area contributed by atoms with Crippen LogP contribution in [0, 0.1) is 0 Å². The first kappa shape index (κ1) is 27.3. The molecular weight excluding hydrogens is 452 g/mol. The fourth-order valence-electron chi connectivity index (χ4n) is 3.73. The topological polar surface area (TPSA) is 98.8 Å². The predicted octanol–water partition coefficient (Wildman–Crippen LogP) is 3.49. The molecule has 0 radical (unpaired) electrons. The lowest BCUT2D eigenvalue weighted by Crippen LogP contribution is -2.31. The molecule has 0 aliphatic rings. The summed E-state index contributed by atoms with van der Waals surface area (Å²) >= 11 is 0. The Kier molecular flexibility index (Phi) is 10.1. The van der Waals surface area contributed by atoms with Gasteiger partial charge in [0, 0.05) is 45.2 Å².